The Balaban J connectivity index is 1.80. The first-order valence-electron chi connectivity index (χ1n) is 4.37. The summed E-state index contributed by atoms with van der Waals surface area (Å²) in [5.41, 5.74) is 0. The Morgan fingerprint density at radius 3 is 2.92 bits per heavy atom. The Morgan fingerprint density at radius 2 is 2.23 bits per heavy atom. The van der Waals surface area contributed by atoms with Crippen LogP contribution in [0, 0.1) is 0 Å². The molecule has 0 saturated heterocycles. The largest absolute Gasteiger partial charge is 0.491 e. The molecule has 1 atom stereocenters. The van der Waals surface area contributed by atoms with Crippen LogP contribution in [0.25, 0.3) is 0 Å². The van der Waals surface area contributed by atoms with Crippen LogP contribution >= 0.6 is 0 Å². The smallest absolute Gasteiger partial charge is 0.119 e. The predicted molar refractivity (Wildman–Crippen MR) is 52.2 cm³/mol. The standard InChI is InChI=1S/C10H12N2O/c1-2-4-10(5-3-1)13-7-9-6-11-8-12-9/h1-5,8-9H,6-7H2,(H,11,12). The molecule has 1 unspecified atom stereocenters. The molecule has 1 aromatic rings. The summed E-state index contributed by atoms with van der Waals surface area (Å²) < 4.78 is 5.55. The van der Waals surface area contributed by atoms with Gasteiger partial charge in [0.1, 0.15) is 12.4 Å². The van der Waals surface area contributed by atoms with E-state index in [1.807, 2.05) is 30.3 Å². The first kappa shape index (κ1) is 8.10. The monoisotopic (exact) mass is 176 g/mol. The number of aliphatic imine (C=N–C) groups is 1. The van der Waals surface area contributed by atoms with Crippen molar-refractivity contribution in [1.82, 2.24) is 5.32 Å². The molecule has 0 amide bonds. The number of nitrogens with zero attached hydrogens (tertiary/aromatic N) is 1. The highest BCUT2D eigenvalue weighted by atomic mass is 16.5. The van der Waals surface area contributed by atoms with Gasteiger partial charge < -0.3 is 10.1 Å². The van der Waals surface area contributed by atoms with Gasteiger partial charge in [0, 0.05) is 0 Å². The molecule has 0 spiro atoms. The lowest BCUT2D eigenvalue weighted by Gasteiger charge is -2.11. The molecule has 0 fully saturated rings. The lowest BCUT2D eigenvalue weighted by molar-refractivity contribution is 0.286. The van der Waals surface area contributed by atoms with Crippen LogP contribution in [0.15, 0.2) is 35.3 Å². The summed E-state index contributed by atoms with van der Waals surface area (Å²) in [5.74, 6) is 0.913. The Labute approximate surface area is 77.4 Å². The summed E-state index contributed by atoms with van der Waals surface area (Å²) in [6.45, 7) is 1.48. The molecule has 0 bridgehead atoms. The molecule has 1 aliphatic heterocycles. The zero-order chi connectivity index (χ0) is 8.93. The van der Waals surface area contributed by atoms with Gasteiger partial charge in [0.25, 0.3) is 0 Å². The summed E-state index contributed by atoms with van der Waals surface area (Å²) in [6.07, 6.45) is 1.74. The SMILES string of the molecule is C1=NCC(COc2ccccc2)N1. The minimum Gasteiger partial charge on any atom is -0.491 e. The second kappa shape index (κ2) is 3.94. The lowest BCUT2D eigenvalue weighted by Crippen LogP contribution is -2.31. The molecular formula is C10H12N2O. The van der Waals surface area contributed by atoms with Gasteiger partial charge in [-0.25, -0.2) is 0 Å². The van der Waals surface area contributed by atoms with E-state index in [0.29, 0.717) is 12.6 Å². The molecule has 68 valence electrons. The molecule has 1 aromatic carbocycles. The van der Waals surface area contributed by atoms with E-state index >= 15 is 0 Å². The second-order valence-electron chi connectivity index (χ2n) is 2.98. The zero-order valence-corrected chi connectivity index (χ0v) is 7.31. The number of hydrogen-bond donors (Lipinski definition) is 1. The molecule has 0 aliphatic carbocycles. The summed E-state index contributed by atoms with van der Waals surface area (Å²) in [5, 5.41) is 3.11. The van der Waals surface area contributed by atoms with E-state index in [1.165, 1.54) is 0 Å². The van der Waals surface area contributed by atoms with Crippen molar-refractivity contribution in [3.63, 3.8) is 0 Å². The van der Waals surface area contributed by atoms with Crippen molar-refractivity contribution in [3.05, 3.63) is 30.3 Å². The molecule has 13 heavy (non-hydrogen) atoms. The third-order valence-electron chi connectivity index (χ3n) is 1.92. The number of rotatable bonds is 3. The molecule has 0 saturated carbocycles. The van der Waals surface area contributed by atoms with Crippen molar-refractivity contribution >= 4 is 6.34 Å². The van der Waals surface area contributed by atoms with E-state index in [1.54, 1.807) is 6.34 Å². The number of para-hydroxylation sites is 1. The predicted octanol–water partition coefficient (Wildman–Crippen LogP) is 1.07. The van der Waals surface area contributed by atoms with Crippen molar-refractivity contribution in [3.8, 4) is 5.75 Å². The first-order valence-corrected chi connectivity index (χ1v) is 4.37. The van der Waals surface area contributed by atoms with Crippen LogP contribution < -0.4 is 10.1 Å². The van der Waals surface area contributed by atoms with Gasteiger partial charge in [0.2, 0.25) is 0 Å². The Hall–Kier alpha value is -1.51. The Morgan fingerprint density at radius 1 is 1.38 bits per heavy atom. The van der Waals surface area contributed by atoms with Gasteiger partial charge in [0.15, 0.2) is 0 Å². The average molecular weight is 176 g/mol. The summed E-state index contributed by atoms with van der Waals surface area (Å²) >= 11 is 0. The van der Waals surface area contributed by atoms with E-state index in [0.717, 1.165) is 12.3 Å². The summed E-state index contributed by atoms with van der Waals surface area (Å²) in [6, 6.07) is 10.2. The van der Waals surface area contributed by atoms with Gasteiger partial charge in [-0.15, -0.1) is 0 Å². The summed E-state index contributed by atoms with van der Waals surface area (Å²) in [7, 11) is 0. The maximum atomic E-state index is 5.55. The van der Waals surface area contributed by atoms with E-state index < -0.39 is 0 Å². The maximum Gasteiger partial charge on any atom is 0.119 e. The van der Waals surface area contributed by atoms with Gasteiger partial charge >= 0.3 is 0 Å². The topological polar surface area (TPSA) is 33.6 Å². The van der Waals surface area contributed by atoms with E-state index in [9.17, 15) is 0 Å². The van der Waals surface area contributed by atoms with Gasteiger partial charge in [-0.2, -0.15) is 0 Å². The molecule has 1 N–H and O–H groups in total. The summed E-state index contributed by atoms with van der Waals surface area (Å²) in [4.78, 5) is 4.06. The molecule has 1 aliphatic rings. The first-order chi connectivity index (χ1) is 6.45. The average Bonchev–Trinajstić information content (AvgIpc) is 2.69. The van der Waals surface area contributed by atoms with Crippen molar-refractivity contribution in [2.45, 2.75) is 6.04 Å². The minimum absolute atomic E-state index is 0.334. The normalized spacial score (nSPS) is 19.8. The Kier molecular flexibility index (Phi) is 2.45. The lowest BCUT2D eigenvalue weighted by atomic mass is 10.3. The molecular weight excluding hydrogens is 164 g/mol. The van der Waals surface area contributed by atoms with E-state index in [4.69, 9.17) is 4.74 Å². The molecule has 2 rings (SSSR count). The van der Waals surface area contributed by atoms with Gasteiger partial charge in [0.05, 0.1) is 18.9 Å². The quantitative estimate of drug-likeness (QED) is 0.747. The fraction of sp³-hybridized carbons (Fsp3) is 0.300. The third-order valence-corrected chi connectivity index (χ3v) is 1.92. The highest BCUT2D eigenvalue weighted by Crippen LogP contribution is 2.08. The highest BCUT2D eigenvalue weighted by Gasteiger charge is 2.10. The molecule has 3 heteroatoms. The van der Waals surface area contributed by atoms with Crippen molar-refractivity contribution < 1.29 is 4.74 Å². The zero-order valence-electron chi connectivity index (χ0n) is 7.31. The van der Waals surface area contributed by atoms with Crippen LogP contribution in [0.2, 0.25) is 0 Å². The van der Waals surface area contributed by atoms with Crippen LogP contribution in [0.5, 0.6) is 5.75 Å². The number of hydrogen-bond acceptors (Lipinski definition) is 3. The van der Waals surface area contributed by atoms with Crippen LogP contribution in [0.4, 0.5) is 0 Å². The minimum atomic E-state index is 0.334. The van der Waals surface area contributed by atoms with E-state index in [2.05, 4.69) is 10.3 Å². The van der Waals surface area contributed by atoms with Crippen molar-refractivity contribution in [2.75, 3.05) is 13.2 Å². The van der Waals surface area contributed by atoms with Crippen molar-refractivity contribution in [2.24, 2.45) is 4.99 Å². The van der Waals surface area contributed by atoms with Gasteiger partial charge in [-0.1, -0.05) is 18.2 Å². The second-order valence-corrected chi connectivity index (χ2v) is 2.98. The highest BCUT2D eigenvalue weighted by molar-refractivity contribution is 5.57. The van der Waals surface area contributed by atoms with Crippen LogP contribution in [0.3, 0.4) is 0 Å². The molecule has 0 radical (unpaired) electrons. The number of nitrogens with one attached hydrogen (secondary N) is 1. The number of ether oxygens (including phenoxy) is 1. The fourth-order valence-corrected chi connectivity index (χ4v) is 1.21. The van der Waals surface area contributed by atoms with Crippen molar-refractivity contribution in [1.29, 1.82) is 0 Å². The molecule has 0 aromatic heterocycles. The maximum absolute atomic E-state index is 5.55. The van der Waals surface area contributed by atoms with E-state index in [-0.39, 0.29) is 0 Å². The number of benzene rings is 1. The molecule has 1 heterocycles. The van der Waals surface area contributed by atoms with Crippen LogP contribution in [0.1, 0.15) is 0 Å². The molecule has 3 nitrogen and oxygen atoms in total. The fourth-order valence-electron chi connectivity index (χ4n) is 1.21. The van der Waals surface area contributed by atoms with Gasteiger partial charge in [-0.3, -0.25) is 4.99 Å². The Bertz CT molecular complexity index is 276. The van der Waals surface area contributed by atoms with Crippen LogP contribution in [-0.2, 0) is 0 Å². The van der Waals surface area contributed by atoms with Gasteiger partial charge in [-0.05, 0) is 12.1 Å². The van der Waals surface area contributed by atoms with Crippen LogP contribution in [-0.4, -0.2) is 25.5 Å². The third kappa shape index (κ3) is 2.21.